The van der Waals surface area contributed by atoms with Crippen molar-refractivity contribution in [3.05, 3.63) is 41.5 Å². The number of hydrogen-bond acceptors (Lipinski definition) is 1. The van der Waals surface area contributed by atoms with E-state index >= 15 is 0 Å². The Hall–Kier alpha value is -1.38. The topological polar surface area (TPSA) is 9.23 Å². The maximum absolute atomic E-state index is 14.5. The summed E-state index contributed by atoms with van der Waals surface area (Å²) >= 11 is 0. The summed E-state index contributed by atoms with van der Waals surface area (Å²) < 4.78 is 33.8. The number of allylic oxidation sites excluding steroid dienone is 2. The second-order valence-electron chi connectivity index (χ2n) is 8.96. The van der Waals surface area contributed by atoms with E-state index in [0.29, 0.717) is 12.2 Å². The molecule has 0 spiro atoms. The first-order valence-corrected chi connectivity index (χ1v) is 11.4. The molecule has 0 heterocycles. The number of ether oxygens (including phenoxy) is 1. The molecular weight excluding hydrogens is 354 g/mol. The first-order chi connectivity index (χ1) is 13.6. The van der Waals surface area contributed by atoms with Crippen LogP contribution < -0.4 is 4.74 Å². The summed E-state index contributed by atoms with van der Waals surface area (Å²) in [5.74, 6) is 1.06. The third-order valence-electron chi connectivity index (χ3n) is 6.87. The Kier molecular flexibility index (Phi) is 7.93. The van der Waals surface area contributed by atoms with Crippen molar-refractivity contribution in [3.63, 3.8) is 0 Å². The van der Waals surface area contributed by atoms with E-state index in [1.165, 1.54) is 32.1 Å². The van der Waals surface area contributed by atoms with Crippen LogP contribution in [0.3, 0.4) is 0 Å². The minimum atomic E-state index is -0.830. The number of halogens is 2. The summed E-state index contributed by atoms with van der Waals surface area (Å²) in [5, 5.41) is 0. The molecule has 0 aliphatic heterocycles. The molecule has 0 saturated heterocycles. The lowest BCUT2D eigenvalue weighted by Crippen LogP contribution is -2.15. The molecule has 3 heteroatoms. The van der Waals surface area contributed by atoms with Gasteiger partial charge in [-0.2, -0.15) is 4.39 Å². The Morgan fingerprint density at radius 2 is 1.68 bits per heavy atom. The summed E-state index contributed by atoms with van der Waals surface area (Å²) in [6, 6.07) is 3.31. The van der Waals surface area contributed by atoms with Crippen molar-refractivity contribution < 1.29 is 13.5 Å². The van der Waals surface area contributed by atoms with Gasteiger partial charge in [0.15, 0.2) is 11.6 Å². The van der Waals surface area contributed by atoms with Crippen LogP contribution in [0.15, 0.2) is 24.3 Å². The van der Waals surface area contributed by atoms with Crippen molar-refractivity contribution in [3.8, 4) is 5.75 Å². The molecule has 0 atom stereocenters. The largest absolute Gasteiger partial charge is 0.491 e. The molecule has 2 aliphatic carbocycles. The number of hydrogen-bond donors (Lipinski definition) is 0. The van der Waals surface area contributed by atoms with Gasteiger partial charge in [-0.15, -0.1) is 0 Å². The van der Waals surface area contributed by atoms with E-state index in [0.717, 1.165) is 49.9 Å². The average molecular weight is 391 g/mol. The monoisotopic (exact) mass is 390 g/mol. The zero-order valence-electron chi connectivity index (χ0n) is 17.6. The lowest BCUT2D eigenvalue weighted by molar-refractivity contribution is 0.297. The zero-order valence-corrected chi connectivity index (χ0v) is 17.6. The third-order valence-corrected chi connectivity index (χ3v) is 6.87. The minimum absolute atomic E-state index is 0.0247. The Morgan fingerprint density at radius 3 is 2.36 bits per heavy atom. The fourth-order valence-corrected chi connectivity index (χ4v) is 4.99. The SMILES string of the molecule is CCOc1ccc(C2CCC(CC/C=C/C3CCC(C)CC3)CC2)c(F)c1F. The highest BCUT2D eigenvalue weighted by molar-refractivity contribution is 5.33. The molecule has 3 rings (SSSR count). The molecule has 0 radical (unpaired) electrons. The van der Waals surface area contributed by atoms with Crippen molar-refractivity contribution in [2.24, 2.45) is 17.8 Å². The van der Waals surface area contributed by atoms with Gasteiger partial charge in [-0.25, -0.2) is 4.39 Å². The fraction of sp³-hybridized carbons (Fsp3) is 0.680. The van der Waals surface area contributed by atoms with Crippen molar-refractivity contribution >= 4 is 0 Å². The van der Waals surface area contributed by atoms with Gasteiger partial charge in [-0.05, 0) is 93.6 Å². The van der Waals surface area contributed by atoms with E-state index in [9.17, 15) is 8.78 Å². The highest BCUT2D eigenvalue weighted by Crippen LogP contribution is 2.40. The molecular formula is C25H36F2O. The zero-order chi connectivity index (χ0) is 19.9. The summed E-state index contributed by atoms with van der Waals surface area (Å²) in [7, 11) is 0. The molecule has 1 nitrogen and oxygen atoms in total. The highest BCUT2D eigenvalue weighted by atomic mass is 19.2. The number of benzene rings is 1. The van der Waals surface area contributed by atoms with Crippen molar-refractivity contribution in [2.45, 2.75) is 84.0 Å². The summed E-state index contributed by atoms with van der Waals surface area (Å²) in [5.41, 5.74) is 0.533. The van der Waals surface area contributed by atoms with Crippen LogP contribution in [-0.4, -0.2) is 6.61 Å². The average Bonchev–Trinajstić information content (AvgIpc) is 2.71. The first kappa shape index (κ1) is 21.3. The third kappa shape index (κ3) is 5.58. The molecule has 2 aliphatic rings. The van der Waals surface area contributed by atoms with Gasteiger partial charge < -0.3 is 4.74 Å². The van der Waals surface area contributed by atoms with Gasteiger partial charge in [0, 0.05) is 0 Å². The number of rotatable bonds is 7. The predicted octanol–water partition coefficient (Wildman–Crippen LogP) is 7.80. The van der Waals surface area contributed by atoms with E-state index in [1.807, 2.05) is 0 Å². The van der Waals surface area contributed by atoms with Crippen LogP contribution in [-0.2, 0) is 0 Å². The molecule has 1 aromatic rings. The highest BCUT2D eigenvalue weighted by Gasteiger charge is 2.26. The van der Waals surface area contributed by atoms with Gasteiger partial charge in [0.1, 0.15) is 0 Å². The molecule has 0 amide bonds. The Bertz CT molecular complexity index is 638. The quantitative estimate of drug-likeness (QED) is 0.432. The van der Waals surface area contributed by atoms with E-state index in [1.54, 1.807) is 19.1 Å². The maximum Gasteiger partial charge on any atom is 0.200 e. The normalized spacial score (nSPS) is 28.6. The smallest absolute Gasteiger partial charge is 0.200 e. The second-order valence-corrected chi connectivity index (χ2v) is 8.96. The minimum Gasteiger partial charge on any atom is -0.491 e. The lowest BCUT2D eigenvalue weighted by Gasteiger charge is -2.29. The molecule has 2 saturated carbocycles. The van der Waals surface area contributed by atoms with E-state index < -0.39 is 11.6 Å². The van der Waals surface area contributed by atoms with Crippen LogP contribution in [0.2, 0.25) is 0 Å². The van der Waals surface area contributed by atoms with Crippen molar-refractivity contribution in [2.75, 3.05) is 6.61 Å². The van der Waals surface area contributed by atoms with Gasteiger partial charge in [-0.1, -0.05) is 38.0 Å². The summed E-state index contributed by atoms with van der Waals surface area (Å²) in [4.78, 5) is 0. The van der Waals surface area contributed by atoms with Crippen molar-refractivity contribution in [1.82, 2.24) is 0 Å². The molecule has 0 N–H and O–H groups in total. The van der Waals surface area contributed by atoms with Gasteiger partial charge in [0.2, 0.25) is 5.82 Å². The molecule has 1 aromatic carbocycles. The van der Waals surface area contributed by atoms with Crippen LogP contribution in [0.4, 0.5) is 8.78 Å². The Morgan fingerprint density at radius 1 is 0.964 bits per heavy atom. The van der Waals surface area contributed by atoms with Gasteiger partial charge >= 0.3 is 0 Å². The van der Waals surface area contributed by atoms with Crippen LogP contribution in [0.1, 0.15) is 89.5 Å². The Balaban J connectivity index is 1.43. The molecule has 28 heavy (non-hydrogen) atoms. The lowest BCUT2D eigenvalue weighted by atomic mass is 9.77. The van der Waals surface area contributed by atoms with E-state index in [4.69, 9.17) is 4.74 Å². The molecule has 0 bridgehead atoms. The first-order valence-electron chi connectivity index (χ1n) is 11.4. The molecule has 0 aromatic heterocycles. The molecule has 156 valence electrons. The van der Waals surface area contributed by atoms with Crippen molar-refractivity contribution in [1.29, 1.82) is 0 Å². The summed E-state index contributed by atoms with van der Waals surface area (Å²) in [6.07, 6.45) is 16.9. The van der Waals surface area contributed by atoms with Crippen LogP contribution >= 0.6 is 0 Å². The van der Waals surface area contributed by atoms with E-state index in [2.05, 4.69) is 19.1 Å². The predicted molar refractivity (Wildman–Crippen MR) is 112 cm³/mol. The maximum atomic E-state index is 14.5. The standard InChI is InChI=1S/C25H36F2O/c1-3-28-23-17-16-22(24(26)25(23)27)21-14-12-20(13-15-21)7-5-4-6-19-10-8-18(2)9-11-19/h4,6,16-21H,3,5,7-15H2,1-2H3/b6-4+. The fourth-order valence-electron chi connectivity index (χ4n) is 4.99. The Labute approximate surface area is 169 Å². The molecule has 0 unspecified atom stereocenters. The van der Waals surface area contributed by atoms with Crippen LogP contribution in [0, 0.1) is 29.4 Å². The second kappa shape index (κ2) is 10.4. The molecule has 2 fully saturated rings. The van der Waals surface area contributed by atoms with Crippen LogP contribution in [0.5, 0.6) is 5.75 Å². The van der Waals surface area contributed by atoms with E-state index in [-0.39, 0.29) is 11.7 Å². The van der Waals surface area contributed by atoms with Crippen LogP contribution in [0.25, 0.3) is 0 Å². The summed E-state index contributed by atoms with van der Waals surface area (Å²) in [6.45, 7) is 4.48. The van der Waals surface area contributed by atoms with Gasteiger partial charge in [0.25, 0.3) is 0 Å². The van der Waals surface area contributed by atoms with Gasteiger partial charge in [-0.3, -0.25) is 0 Å². The van der Waals surface area contributed by atoms with Gasteiger partial charge in [0.05, 0.1) is 6.61 Å².